The van der Waals surface area contributed by atoms with Crippen LogP contribution in [0.25, 0.3) is 0 Å². The summed E-state index contributed by atoms with van der Waals surface area (Å²) in [6.45, 7) is 11.7. The van der Waals surface area contributed by atoms with Gasteiger partial charge < -0.3 is 45.7 Å². The highest BCUT2D eigenvalue weighted by Crippen LogP contribution is 2.40. The summed E-state index contributed by atoms with van der Waals surface area (Å²) < 4.78 is 28.8. The van der Waals surface area contributed by atoms with Crippen molar-refractivity contribution in [3.05, 3.63) is 107 Å². The molecule has 1 amide bonds. The summed E-state index contributed by atoms with van der Waals surface area (Å²) in [6, 6.07) is 20.8. The predicted molar refractivity (Wildman–Crippen MR) is 191 cm³/mol. The number of ether oxygens (including phenoxy) is 4. The van der Waals surface area contributed by atoms with Crippen molar-refractivity contribution in [2.24, 2.45) is 5.41 Å². The Bertz CT molecular complexity index is 1810. The summed E-state index contributed by atoms with van der Waals surface area (Å²) in [7, 11) is 0. The summed E-state index contributed by atoms with van der Waals surface area (Å²) in [5.41, 5.74) is 2.25. The zero-order valence-corrected chi connectivity index (χ0v) is 32.3. The number of hydrogen-bond acceptors (Lipinski definition) is 7. The topological polar surface area (TPSA) is 86.4 Å². The van der Waals surface area contributed by atoms with Crippen LogP contribution in [0.2, 0.25) is 10.0 Å². The Morgan fingerprint density at radius 3 is 2.29 bits per heavy atom. The molecule has 1 aromatic heterocycles. The van der Waals surface area contributed by atoms with Crippen LogP contribution in [-0.2, 0) is 37.9 Å². The smallest absolute Gasteiger partial charge is 0.316 e. The molecule has 0 bridgehead atoms. The second kappa shape index (κ2) is 16.4. The van der Waals surface area contributed by atoms with Crippen LogP contribution in [0.1, 0.15) is 38.8 Å². The molecule has 2 aliphatic heterocycles. The van der Waals surface area contributed by atoms with E-state index in [1.165, 1.54) is 0 Å². The third kappa shape index (κ3) is 9.64. The van der Waals surface area contributed by atoms with Gasteiger partial charge in [-0.2, -0.15) is 0 Å². The van der Waals surface area contributed by atoms with Crippen molar-refractivity contribution in [3.63, 3.8) is 0 Å². The molecule has 3 heterocycles. The molecule has 0 spiro atoms. The van der Waals surface area contributed by atoms with Crippen molar-refractivity contribution in [2.45, 2.75) is 52.7 Å². The lowest BCUT2D eigenvalue weighted by atomic mass is 9.97. The zero-order valence-electron chi connectivity index (χ0n) is 29.2. The molecule has 2 unspecified atom stereocenters. The SMILES string of the molecule is CC(=O)N1CCN(c2ccc(OCC3COC(Cn4cc[n+](Cc5ccc(OC(=O)C(C)(C)C)cc5)c4)(c4ccc(Cl)cc4Cl)O3)cc2)CC1.[Br-]. The van der Waals surface area contributed by atoms with Gasteiger partial charge in [-0.05, 0) is 74.9 Å². The first-order valence-corrected chi connectivity index (χ1v) is 17.5. The number of halogens is 3. The molecular formula is C38H43BrCl2N4O6. The highest BCUT2D eigenvalue weighted by Gasteiger charge is 2.47. The Morgan fingerprint density at radius 1 is 0.961 bits per heavy atom. The zero-order chi connectivity index (χ0) is 35.5. The van der Waals surface area contributed by atoms with Crippen LogP contribution in [0.4, 0.5) is 5.69 Å². The molecule has 0 aliphatic carbocycles. The Balaban J connectivity index is 0.00000504. The maximum absolute atomic E-state index is 12.2. The van der Waals surface area contributed by atoms with Crippen LogP contribution in [0, 0.1) is 5.41 Å². The molecule has 0 radical (unpaired) electrons. The molecule has 2 aliphatic rings. The number of benzene rings is 3. The number of anilines is 1. The van der Waals surface area contributed by atoms with E-state index in [1.807, 2.05) is 104 Å². The van der Waals surface area contributed by atoms with Gasteiger partial charge in [0.2, 0.25) is 18.0 Å². The molecule has 10 nitrogen and oxygen atoms in total. The first kappa shape index (κ1) is 38.6. The van der Waals surface area contributed by atoms with Gasteiger partial charge in [0.1, 0.15) is 49.7 Å². The number of rotatable bonds is 10. The average molecular weight is 803 g/mol. The third-order valence-corrected chi connectivity index (χ3v) is 9.36. The molecule has 3 aromatic carbocycles. The van der Waals surface area contributed by atoms with Crippen molar-refractivity contribution in [2.75, 3.05) is 44.3 Å². The van der Waals surface area contributed by atoms with E-state index in [0.29, 0.717) is 41.1 Å². The molecule has 6 rings (SSSR count). The minimum atomic E-state index is -1.17. The second-order valence-electron chi connectivity index (χ2n) is 13.8. The van der Waals surface area contributed by atoms with Gasteiger partial charge in [0, 0.05) is 49.4 Å². The Hall–Kier alpha value is -3.61. The minimum Gasteiger partial charge on any atom is -1.00 e. The third-order valence-electron chi connectivity index (χ3n) is 8.81. The van der Waals surface area contributed by atoms with Gasteiger partial charge in [0.15, 0.2) is 0 Å². The fourth-order valence-corrected chi connectivity index (χ4v) is 6.53. The van der Waals surface area contributed by atoms with Crippen molar-refractivity contribution < 1.29 is 50.1 Å². The molecule has 13 heteroatoms. The highest BCUT2D eigenvalue weighted by molar-refractivity contribution is 6.35. The van der Waals surface area contributed by atoms with Gasteiger partial charge in [-0.25, -0.2) is 9.13 Å². The van der Waals surface area contributed by atoms with Gasteiger partial charge in [-0.3, -0.25) is 9.59 Å². The fourth-order valence-electron chi connectivity index (χ4n) is 5.98. The van der Waals surface area contributed by atoms with Crippen LogP contribution in [-0.4, -0.2) is 66.8 Å². The number of imidazole rings is 1. The Morgan fingerprint density at radius 2 is 1.65 bits per heavy atom. The van der Waals surface area contributed by atoms with E-state index in [9.17, 15) is 9.59 Å². The minimum absolute atomic E-state index is 0. The number of esters is 1. The van der Waals surface area contributed by atoms with Crippen LogP contribution < -0.4 is 35.9 Å². The van der Waals surface area contributed by atoms with Crippen molar-refractivity contribution in [1.82, 2.24) is 9.47 Å². The van der Waals surface area contributed by atoms with Crippen LogP contribution >= 0.6 is 23.2 Å². The molecule has 272 valence electrons. The normalized spacial score (nSPS) is 19.1. The number of hydrogen-bond donors (Lipinski definition) is 0. The van der Waals surface area contributed by atoms with E-state index in [1.54, 1.807) is 19.1 Å². The molecule has 4 aromatic rings. The van der Waals surface area contributed by atoms with E-state index >= 15 is 0 Å². The van der Waals surface area contributed by atoms with E-state index < -0.39 is 11.2 Å². The van der Waals surface area contributed by atoms with Crippen LogP contribution in [0.5, 0.6) is 11.5 Å². The molecule has 2 saturated heterocycles. The van der Waals surface area contributed by atoms with Gasteiger partial charge in [-0.15, -0.1) is 0 Å². The summed E-state index contributed by atoms with van der Waals surface area (Å²) in [5.74, 6) is -0.0782. The first-order chi connectivity index (χ1) is 23.9. The second-order valence-corrected chi connectivity index (χ2v) is 14.6. The van der Waals surface area contributed by atoms with Crippen molar-refractivity contribution in [1.29, 1.82) is 0 Å². The lowest BCUT2D eigenvalue weighted by Crippen LogP contribution is -3.00. The van der Waals surface area contributed by atoms with Crippen molar-refractivity contribution >= 4 is 40.8 Å². The monoisotopic (exact) mass is 800 g/mol. The highest BCUT2D eigenvalue weighted by atomic mass is 79.9. The summed E-state index contributed by atoms with van der Waals surface area (Å²) in [6.07, 6.45) is 5.57. The maximum Gasteiger partial charge on any atom is 0.316 e. The van der Waals surface area contributed by atoms with E-state index in [2.05, 4.69) is 9.47 Å². The molecule has 0 N–H and O–H groups in total. The van der Waals surface area contributed by atoms with E-state index in [4.69, 9.17) is 42.1 Å². The molecule has 2 atom stereocenters. The van der Waals surface area contributed by atoms with Gasteiger partial charge in [-0.1, -0.05) is 41.4 Å². The predicted octanol–water partition coefficient (Wildman–Crippen LogP) is 3.10. The number of carbonyl (C=O) groups excluding carboxylic acids is 2. The van der Waals surface area contributed by atoms with Crippen LogP contribution in [0.3, 0.4) is 0 Å². The van der Waals surface area contributed by atoms with Gasteiger partial charge in [0.05, 0.1) is 17.0 Å². The number of piperazine rings is 1. The number of carbonyl (C=O) groups is 2. The lowest BCUT2D eigenvalue weighted by Gasteiger charge is -2.35. The maximum atomic E-state index is 12.2. The molecule has 51 heavy (non-hydrogen) atoms. The lowest BCUT2D eigenvalue weighted by molar-refractivity contribution is -0.688. The summed E-state index contributed by atoms with van der Waals surface area (Å²) in [4.78, 5) is 28.1. The number of amides is 1. The van der Waals surface area contributed by atoms with Gasteiger partial charge in [0.25, 0.3) is 0 Å². The quantitative estimate of drug-likeness (QED) is 0.139. The first-order valence-electron chi connectivity index (χ1n) is 16.7. The summed E-state index contributed by atoms with van der Waals surface area (Å²) in [5, 5.41) is 0.972. The van der Waals surface area contributed by atoms with Crippen LogP contribution in [0.15, 0.2) is 85.5 Å². The number of aromatic nitrogens is 2. The largest absolute Gasteiger partial charge is 1.00 e. The van der Waals surface area contributed by atoms with Crippen molar-refractivity contribution in [3.8, 4) is 11.5 Å². The fraction of sp³-hybridized carbons (Fsp3) is 0.395. The molecular weight excluding hydrogens is 759 g/mol. The standard InChI is InChI=1S/C38H43Cl2N4O6.BrH/c1-27(45)43-17-19-44(20-18-43)30-8-12-31(13-9-30)47-23-33-24-48-38(50-33,34-14-7-29(39)21-35(34)40)25-42-16-15-41(26-42)22-28-5-10-32(11-6-28)49-36(46)37(2,3)4;/h5-16,21,26,33H,17-20,22-25H2,1-4H3;1H/q+1;/p-1. The average Bonchev–Trinajstić information content (AvgIpc) is 3.71. The summed E-state index contributed by atoms with van der Waals surface area (Å²) >= 11 is 13.0. The van der Waals surface area contributed by atoms with E-state index in [-0.39, 0.29) is 41.6 Å². The van der Waals surface area contributed by atoms with Gasteiger partial charge >= 0.3 is 5.97 Å². The molecule has 2 fully saturated rings. The Kier molecular flexibility index (Phi) is 12.4. The Labute approximate surface area is 319 Å². The number of nitrogens with zero attached hydrogens (tertiary/aromatic N) is 4. The van der Waals surface area contributed by atoms with E-state index in [0.717, 1.165) is 43.2 Å². The molecule has 0 saturated carbocycles.